The Kier molecular flexibility index (Phi) is 2.94. The maximum Gasteiger partial charge on any atom is 0.280 e. The molecule has 0 unspecified atom stereocenters. The van der Waals surface area contributed by atoms with E-state index in [1.807, 2.05) is 0 Å². The van der Waals surface area contributed by atoms with Gasteiger partial charge in [-0.1, -0.05) is 11.6 Å². The van der Waals surface area contributed by atoms with Gasteiger partial charge in [-0.25, -0.2) is 28.2 Å². The lowest BCUT2D eigenvalue weighted by Crippen LogP contribution is -1.96. The van der Waals surface area contributed by atoms with E-state index in [1.54, 1.807) is 0 Å². The summed E-state index contributed by atoms with van der Waals surface area (Å²) >= 11 is 5.79. The zero-order valence-corrected chi connectivity index (χ0v) is 10.6. The standard InChI is InChI=1S/C11H7ClF2N6/c12-7-3-6(16-4-17-7)8-10(15)19-20-2-1-5(9(13)14)18-11(8)20/h1-4,9H,(H2,15,19). The average Bonchev–Trinajstić information content (AvgIpc) is 2.73. The summed E-state index contributed by atoms with van der Waals surface area (Å²) in [6.45, 7) is 0. The normalized spacial score (nSPS) is 11.4. The fraction of sp³-hybridized carbons (Fsp3) is 0.0909. The Bertz CT molecular complexity index is 788. The van der Waals surface area contributed by atoms with Crippen LogP contribution < -0.4 is 5.73 Å². The molecule has 3 heterocycles. The Morgan fingerprint density at radius 2 is 2.10 bits per heavy atom. The Hall–Kier alpha value is -2.35. The zero-order chi connectivity index (χ0) is 14.3. The molecule has 0 bridgehead atoms. The van der Waals surface area contributed by atoms with Crippen molar-refractivity contribution >= 4 is 23.1 Å². The summed E-state index contributed by atoms with van der Waals surface area (Å²) in [4.78, 5) is 11.6. The average molecular weight is 297 g/mol. The first-order chi connectivity index (χ1) is 9.56. The molecule has 0 atom stereocenters. The van der Waals surface area contributed by atoms with Gasteiger partial charge in [-0.15, -0.1) is 5.10 Å². The van der Waals surface area contributed by atoms with Crippen molar-refractivity contribution in [2.75, 3.05) is 5.73 Å². The summed E-state index contributed by atoms with van der Waals surface area (Å²) in [6.07, 6.45) is -0.0673. The molecule has 2 N–H and O–H groups in total. The number of nitrogen functional groups attached to an aromatic ring is 1. The van der Waals surface area contributed by atoms with Gasteiger partial charge in [0.05, 0.1) is 11.3 Å². The molecule has 0 saturated carbocycles. The van der Waals surface area contributed by atoms with Crippen LogP contribution >= 0.6 is 11.6 Å². The lowest BCUT2D eigenvalue weighted by molar-refractivity contribution is 0.146. The molecule has 6 nitrogen and oxygen atoms in total. The molecule has 0 saturated heterocycles. The fourth-order valence-electron chi connectivity index (χ4n) is 1.80. The van der Waals surface area contributed by atoms with Gasteiger partial charge < -0.3 is 5.73 Å². The molecule has 0 aromatic carbocycles. The molecule has 0 amide bonds. The van der Waals surface area contributed by atoms with E-state index < -0.39 is 6.43 Å². The lowest BCUT2D eigenvalue weighted by Gasteiger charge is -2.02. The number of halogens is 3. The molecular formula is C11H7ClF2N6. The van der Waals surface area contributed by atoms with Crippen LogP contribution in [-0.4, -0.2) is 24.6 Å². The van der Waals surface area contributed by atoms with Crippen LogP contribution in [0.1, 0.15) is 12.1 Å². The molecule has 0 spiro atoms. The van der Waals surface area contributed by atoms with Gasteiger partial charge in [0.15, 0.2) is 11.5 Å². The summed E-state index contributed by atoms with van der Waals surface area (Å²) in [5, 5.41) is 4.21. The van der Waals surface area contributed by atoms with E-state index in [2.05, 4.69) is 20.1 Å². The Labute approximate surface area is 116 Å². The highest BCUT2D eigenvalue weighted by Crippen LogP contribution is 2.29. The molecule has 0 aliphatic carbocycles. The molecule has 9 heteroatoms. The van der Waals surface area contributed by atoms with E-state index >= 15 is 0 Å². The summed E-state index contributed by atoms with van der Waals surface area (Å²) < 4.78 is 26.8. The van der Waals surface area contributed by atoms with Crippen molar-refractivity contribution in [3.63, 3.8) is 0 Å². The number of rotatable bonds is 2. The predicted octanol–water partition coefficient (Wildman–Crippen LogP) is 2.36. The van der Waals surface area contributed by atoms with Crippen LogP contribution in [0.25, 0.3) is 16.9 Å². The number of alkyl halides is 2. The SMILES string of the molecule is Nc1nn2ccc(C(F)F)nc2c1-c1cc(Cl)ncn1. The molecule has 0 radical (unpaired) electrons. The zero-order valence-electron chi connectivity index (χ0n) is 9.83. The van der Waals surface area contributed by atoms with Crippen LogP contribution in [0.3, 0.4) is 0 Å². The number of nitrogens with two attached hydrogens (primary N) is 1. The number of hydrogen-bond acceptors (Lipinski definition) is 5. The van der Waals surface area contributed by atoms with E-state index in [-0.39, 0.29) is 22.3 Å². The first kappa shape index (κ1) is 12.7. The summed E-state index contributed by atoms with van der Waals surface area (Å²) in [5.41, 5.74) is 6.34. The van der Waals surface area contributed by atoms with E-state index in [1.165, 1.54) is 29.2 Å². The first-order valence-electron chi connectivity index (χ1n) is 5.47. The highest BCUT2D eigenvalue weighted by molar-refractivity contribution is 6.29. The van der Waals surface area contributed by atoms with Gasteiger partial charge in [-0.05, 0) is 6.07 Å². The highest BCUT2D eigenvalue weighted by atomic mass is 35.5. The Morgan fingerprint density at radius 3 is 2.80 bits per heavy atom. The van der Waals surface area contributed by atoms with Gasteiger partial charge in [0.1, 0.15) is 17.2 Å². The van der Waals surface area contributed by atoms with E-state index in [4.69, 9.17) is 17.3 Å². The number of fused-ring (bicyclic) bond motifs is 1. The fourth-order valence-corrected chi connectivity index (χ4v) is 1.94. The Balaban J connectivity index is 2.28. The maximum atomic E-state index is 12.7. The van der Waals surface area contributed by atoms with Crippen LogP contribution in [0.5, 0.6) is 0 Å². The van der Waals surface area contributed by atoms with Crippen molar-refractivity contribution in [1.29, 1.82) is 0 Å². The third kappa shape index (κ3) is 2.03. The molecular weight excluding hydrogens is 290 g/mol. The largest absolute Gasteiger partial charge is 0.382 e. The van der Waals surface area contributed by atoms with Crippen molar-refractivity contribution in [3.8, 4) is 11.3 Å². The summed E-state index contributed by atoms with van der Waals surface area (Å²) in [7, 11) is 0. The van der Waals surface area contributed by atoms with Gasteiger partial charge in [0, 0.05) is 12.3 Å². The van der Waals surface area contributed by atoms with Crippen molar-refractivity contribution in [3.05, 3.63) is 35.5 Å². The minimum Gasteiger partial charge on any atom is -0.382 e. The summed E-state index contributed by atoms with van der Waals surface area (Å²) in [5.74, 6) is 0.124. The number of aromatic nitrogens is 5. The van der Waals surface area contributed by atoms with Crippen LogP contribution in [0.4, 0.5) is 14.6 Å². The molecule has 3 aromatic rings. The molecule has 0 aliphatic heterocycles. The molecule has 0 fully saturated rings. The number of anilines is 1. The smallest absolute Gasteiger partial charge is 0.280 e. The van der Waals surface area contributed by atoms with E-state index in [9.17, 15) is 8.78 Å². The molecule has 20 heavy (non-hydrogen) atoms. The lowest BCUT2D eigenvalue weighted by atomic mass is 10.2. The second-order valence-electron chi connectivity index (χ2n) is 3.91. The van der Waals surface area contributed by atoms with Crippen molar-refractivity contribution < 1.29 is 8.78 Å². The number of nitrogens with zero attached hydrogens (tertiary/aromatic N) is 5. The van der Waals surface area contributed by atoms with Gasteiger partial charge >= 0.3 is 0 Å². The minimum absolute atomic E-state index is 0.124. The third-order valence-corrected chi connectivity index (χ3v) is 2.85. The van der Waals surface area contributed by atoms with Crippen LogP contribution in [-0.2, 0) is 0 Å². The van der Waals surface area contributed by atoms with Gasteiger partial charge in [0.25, 0.3) is 6.43 Å². The summed E-state index contributed by atoms with van der Waals surface area (Å²) in [6, 6.07) is 2.65. The van der Waals surface area contributed by atoms with E-state index in [0.717, 1.165) is 0 Å². The Morgan fingerprint density at radius 1 is 1.30 bits per heavy atom. The minimum atomic E-state index is -2.68. The molecule has 0 aliphatic rings. The van der Waals surface area contributed by atoms with Gasteiger partial charge in [-0.3, -0.25) is 0 Å². The quantitative estimate of drug-likeness (QED) is 0.734. The van der Waals surface area contributed by atoms with Crippen molar-refractivity contribution in [2.24, 2.45) is 0 Å². The van der Waals surface area contributed by atoms with Crippen LogP contribution in [0, 0.1) is 0 Å². The van der Waals surface area contributed by atoms with Crippen molar-refractivity contribution in [2.45, 2.75) is 6.43 Å². The maximum absolute atomic E-state index is 12.7. The molecule has 3 aromatic heterocycles. The van der Waals surface area contributed by atoms with Gasteiger partial charge in [0.2, 0.25) is 0 Å². The van der Waals surface area contributed by atoms with E-state index in [0.29, 0.717) is 11.3 Å². The predicted molar refractivity (Wildman–Crippen MR) is 68.4 cm³/mol. The molecule has 102 valence electrons. The van der Waals surface area contributed by atoms with Crippen LogP contribution in [0.2, 0.25) is 5.15 Å². The second-order valence-corrected chi connectivity index (χ2v) is 4.29. The first-order valence-corrected chi connectivity index (χ1v) is 5.85. The third-order valence-electron chi connectivity index (χ3n) is 2.65. The number of hydrogen-bond donors (Lipinski definition) is 1. The topological polar surface area (TPSA) is 82.0 Å². The second kappa shape index (κ2) is 4.64. The van der Waals surface area contributed by atoms with Crippen molar-refractivity contribution in [1.82, 2.24) is 24.6 Å². The monoisotopic (exact) mass is 296 g/mol. The van der Waals surface area contributed by atoms with Crippen LogP contribution in [0.15, 0.2) is 24.7 Å². The van der Waals surface area contributed by atoms with Gasteiger partial charge in [-0.2, -0.15) is 0 Å². The highest BCUT2D eigenvalue weighted by Gasteiger charge is 2.18. The molecule has 3 rings (SSSR count).